The fourth-order valence-electron chi connectivity index (χ4n) is 2.67. The summed E-state index contributed by atoms with van der Waals surface area (Å²) in [6, 6.07) is 6.25. The van der Waals surface area contributed by atoms with Gasteiger partial charge in [0, 0.05) is 13.0 Å². The van der Waals surface area contributed by atoms with Crippen LogP contribution in [0.1, 0.15) is 37.7 Å². The predicted molar refractivity (Wildman–Crippen MR) is 76.2 cm³/mol. The first-order chi connectivity index (χ1) is 10.1. The number of carbonyl (C=O) groups is 2. The first kappa shape index (κ1) is 15.5. The highest BCUT2D eigenvalue weighted by molar-refractivity contribution is 5.89. The van der Waals surface area contributed by atoms with Crippen LogP contribution in [-0.2, 0) is 19.7 Å². The minimum Gasteiger partial charge on any atom is -0.469 e. The Kier molecular flexibility index (Phi) is 4.94. The van der Waals surface area contributed by atoms with Crippen LogP contribution >= 0.6 is 0 Å². The van der Waals surface area contributed by atoms with Crippen LogP contribution in [0.5, 0.6) is 0 Å². The molecule has 1 saturated carbocycles. The summed E-state index contributed by atoms with van der Waals surface area (Å²) in [5.41, 5.74) is 0.132. The Morgan fingerprint density at radius 2 is 2.14 bits per heavy atom. The summed E-state index contributed by atoms with van der Waals surface area (Å²) >= 11 is 0. The molecule has 0 aromatic heterocycles. The number of carbonyl (C=O) groups excluding carboxylic acids is 2. The molecule has 0 saturated heterocycles. The molecule has 1 N–H and O–H groups in total. The first-order valence-electron chi connectivity index (χ1n) is 7.20. The molecule has 1 aliphatic rings. The van der Waals surface area contributed by atoms with Gasteiger partial charge < -0.3 is 10.1 Å². The van der Waals surface area contributed by atoms with E-state index >= 15 is 0 Å². The van der Waals surface area contributed by atoms with Crippen molar-refractivity contribution in [2.75, 3.05) is 13.7 Å². The van der Waals surface area contributed by atoms with E-state index in [0.717, 1.165) is 24.8 Å². The van der Waals surface area contributed by atoms with Crippen LogP contribution in [0.2, 0.25) is 0 Å². The maximum absolute atomic E-state index is 13.4. The van der Waals surface area contributed by atoms with E-state index in [-0.39, 0.29) is 24.1 Å². The van der Waals surface area contributed by atoms with E-state index in [1.165, 1.54) is 19.2 Å². The zero-order valence-corrected chi connectivity index (χ0v) is 12.2. The highest BCUT2D eigenvalue weighted by atomic mass is 19.1. The number of rotatable bonds is 6. The lowest BCUT2D eigenvalue weighted by Crippen LogP contribution is -2.49. The Bertz CT molecular complexity index is 526. The van der Waals surface area contributed by atoms with E-state index in [1.807, 2.05) is 0 Å². The highest BCUT2D eigenvalue weighted by Gasteiger charge is 2.45. The third-order valence-electron chi connectivity index (χ3n) is 4.09. The Morgan fingerprint density at radius 1 is 1.38 bits per heavy atom. The number of halogens is 1. The monoisotopic (exact) mass is 293 g/mol. The van der Waals surface area contributed by atoms with Crippen molar-refractivity contribution in [1.29, 1.82) is 0 Å². The van der Waals surface area contributed by atoms with Crippen LogP contribution in [0.4, 0.5) is 4.39 Å². The predicted octanol–water partition coefficient (Wildman–Crippen LogP) is 2.32. The maximum Gasteiger partial charge on any atom is 0.305 e. The molecule has 0 aliphatic heterocycles. The smallest absolute Gasteiger partial charge is 0.305 e. The summed E-state index contributed by atoms with van der Waals surface area (Å²) in [5, 5.41) is 2.85. The molecule has 0 spiro atoms. The molecular weight excluding hydrogens is 273 g/mol. The van der Waals surface area contributed by atoms with Crippen molar-refractivity contribution in [1.82, 2.24) is 5.32 Å². The molecule has 1 amide bonds. The molecule has 0 unspecified atom stereocenters. The molecule has 0 heterocycles. The van der Waals surface area contributed by atoms with Crippen molar-refractivity contribution >= 4 is 11.9 Å². The second kappa shape index (κ2) is 6.70. The zero-order chi connectivity index (χ0) is 15.3. The summed E-state index contributed by atoms with van der Waals surface area (Å²) in [6.07, 6.45) is 3.26. The van der Waals surface area contributed by atoms with E-state index in [0.29, 0.717) is 13.0 Å². The van der Waals surface area contributed by atoms with Gasteiger partial charge in [-0.2, -0.15) is 0 Å². The third kappa shape index (κ3) is 3.40. The quantitative estimate of drug-likeness (QED) is 0.647. The van der Waals surface area contributed by atoms with Crippen LogP contribution in [-0.4, -0.2) is 25.5 Å². The highest BCUT2D eigenvalue weighted by Crippen LogP contribution is 2.44. The first-order valence-corrected chi connectivity index (χ1v) is 7.20. The van der Waals surface area contributed by atoms with Gasteiger partial charge in [0.15, 0.2) is 0 Å². The van der Waals surface area contributed by atoms with Gasteiger partial charge in [0.2, 0.25) is 5.91 Å². The minimum atomic E-state index is -0.604. The number of amides is 1. The summed E-state index contributed by atoms with van der Waals surface area (Å²) in [6.45, 7) is 0.422. The molecule has 1 aromatic rings. The molecule has 0 bridgehead atoms. The lowest BCUT2D eigenvalue weighted by atomic mass is 9.64. The normalized spacial score (nSPS) is 15.9. The minimum absolute atomic E-state index is 0.0794. The van der Waals surface area contributed by atoms with E-state index in [2.05, 4.69) is 10.1 Å². The molecule has 5 heteroatoms. The fourth-order valence-corrected chi connectivity index (χ4v) is 2.67. The largest absolute Gasteiger partial charge is 0.469 e. The van der Waals surface area contributed by atoms with Crippen molar-refractivity contribution in [3.63, 3.8) is 0 Å². The Morgan fingerprint density at radius 3 is 2.71 bits per heavy atom. The van der Waals surface area contributed by atoms with E-state index in [9.17, 15) is 14.0 Å². The standard InChI is InChI=1S/C16H20FNO3/c1-21-14(19)7-3-10-18-15(20)16(8-4-9-16)12-5-2-6-13(17)11-12/h2,5-6,11H,3-4,7-10H2,1H3,(H,18,20). The summed E-state index contributed by atoms with van der Waals surface area (Å²) < 4.78 is 17.9. The number of nitrogens with one attached hydrogen (secondary N) is 1. The van der Waals surface area contributed by atoms with E-state index in [4.69, 9.17) is 0 Å². The van der Waals surface area contributed by atoms with Gasteiger partial charge in [0.25, 0.3) is 0 Å². The van der Waals surface area contributed by atoms with Crippen molar-refractivity contribution < 1.29 is 18.7 Å². The van der Waals surface area contributed by atoms with Gasteiger partial charge in [-0.3, -0.25) is 9.59 Å². The second-order valence-electron chi connectivity index (χ2n) is 5.38. The van der Waals surface area contributed by atoms with Gasteiger partial charge >= 0.3 is 5.97 Å². The number of ether oxygens (including phenoxy) is 1. The number of hydrogen-bond donors (Lipinski definition) is 1. The number of hydrogen-bond acceptors (Lipinski definition) is 3. The molecule has 0 atom stereocenters. The Hall–Kier alpha value is -1.91. The molecule has 114 valence electrons. The van der Waals surface area contributed by atoms with Crippen LogP contribution in [0.25, 0.3) is 0 Å². The van der Waals surface area contributed by atoms with Crippen LogP contribution in [0.3, 0.4) is 0 Å². The Labute approximate surface area is 123 Å². The topological polar surface area (TPSA) is 55.4 Å². The summed E-state index contributed by atoms with van der Waals surface area (Å²) in [7, 11) is 1.34. The van der Waals surface area contributed by atoms with Crippen molar-refractivity contribution in [2.24, 2.45) is 0 Å². The number of esters is 1. The summed E-state index contributed by atoms with van der Waals surface area (Å²) in [4.78, 5) is 23.4. The molecule has 2 rings (SSSR count). The molecule has 1 aliphatic carbocycles. The molecular formula is C16H20FNO3. The van der Waals surface area contributed by atoms with E-state index in [1.54, 1.807) is 12.1 Å². The average Bonchev–Trinajstić information content (AvgIpc) is 2.42. The second-order valence-corrected chi connectivity index (χ2v) is 5.38. The van der Waals surface area contributed by atoms with Crippen LogP contribution in [0.15, 0.2) is 24.3 Å². The SMILES string of the molecule is COC(=O)CCCNC(=O)C1(c2cccc(F)c2)CCC1. The van der Waals surface area contributed by atoms with Gasteiger partial charge in [-0.1, -0.05) is 18.6 Å². The van der Waals surface area contributed by atoms with Gasteiger partial charge in [-0.25, -0.2) is 4.39 Å². The number of methoxy groups -OCH3 is 1. The summed E-state index contributed by atoms with van der Waals surface area (Å²) in [5.74, 6) is -0.686. The number of benzene rings is 1. The fraction of sp³-hybridized carbons (Fsp3) is 0.500. The van der Waals surface area contributed by atoms with Crippen molar-refractivity contribution in [2.45, 2.75) is 37.5 Å². The van der Waals surface area contributed by atoms with E-state index < -0.39 is 5.41 Å². The average molecular weight is 293 g/mol. The maximum atomic E-state index is 13.4. The van der Waals surface area contributed by atoms with Crippen molar-refractivity contribution in [3.05, 3.63) is 35.6 Å². The molecule has 4 nitrogen and oxygen atoms in total. The zero-order valence-electron chi connectivity index (χ0n) is 12.2. The molecule has 0 radical (unpaired) electrons. The molecule has 21 heavy (non-hydrogen) atoms. The lowest BCUT2D eigenvalue weighted by Gasteiger charge is -2.40. The van der Waals surface area contributed by atoms with Crippen LogP contribution in [0, 0.1) is 5.82 Å². The molecule has 1 aromatic carbocycles. The van der Waals surface area contributed by atoms with Crippen LogP contribution < -0.4 is 5.32 Å². The molecule has 1 fully saturated rings. The van der Waals surface area contributed by atoms with Gasteiger partial charge in [0.05, 0.1) is 12.5 Å². The van der Waals surface area contributed by atoms with Gasteiger partial charge in [-0.15, -0.1) is 0 Å². The third-order valence-corrected chi connectivity index (χ3v) is 4.09. The van der Waals surface area contributed by atoms with Crippen molar-refractivity contribution in [3.8, 4) is 0 Å². The lowest BCUT2D eigenvalue weighted by molar-refractivity contribution is -0.141. The van der Waals surface area contributed by atoms with Gasteiger partial charge in [0.1, 0.15) is 5.82 Å². The van der Waals surface area contributed by atoms with Gasteiger partial charge in [-0.05, 0) is 37.0 Å². The Balaban J connectivity index is 1.94.